The number of esters is 1. The van der Waals surface area contributed by atoms with E-state index in [0.717, 1.165) is 22.6 Å². The lowest BCUT2D eigenvalue weighted by Crippen LogP contribution is -2.00. The topological polar surface area (TPSA) is 44.8 Å². The Bertz CT molecular complexity index is 747. The molecule has 0 aromatic heterocycles. The summed E-state index contributed by atoms with van der Waals surface area (Å²) in [6.07, 6.45) is 3.97. The summed E-state index contributed by atoms with van der Waals surface area (Å²) < 4.78 is 16.4. The summed E-state index contributed by atoms with van der Waals surface area (Å²) in [7, 11) is 7.45. The molecule has 0 radical (unpaired) electrons. The van der Waals surface area contributed by atoms with Crippen LogP contribution >= 0.6 is 42.8 Å². The highest BCUT2D eigenvalue weighted by atomic mass is 32.4. The van der Waals surface area contributed by atoms with E-state index in [4.69, 9.17) is 13.8 Å². The predicted molar refractivity (Wildman–Crippen MR) is 119 cm³/mol. The van der Waals surface area contributed by atoms with Crippen LogP contribution in [0.15, 0.2) is 42.5 Å². The molecule has 9 heteroatoms. The van der Waals surface area contributed by atoms with E-state index in [1.165, 1.54) is 6.92 Å². The third-order valence-electron chi connectivity index (χ3n) is 2.90. The molecule has 0 N–H and O–H groups in total. The van der Waals surface area contributed by atoms with Crippen LogP contribution in [0, 0.1) is 0 Å². The number of carbonyl (C=O) groups excluding carboxylic acids is 1. The minimum Gasteiger partial charge on any atom is -0.473 e. The minimum absolute atomic E-state index is 0.285. The Hall–Kier alpha value is -0.600. The fraction of sp³-hybridized carbons (Fsp3) is 0.0625. The van der Waals surface area contributed by atoms with Crippen molar-refractivity contribution < 1.29 is 18.6 Å². The van der Waals surface area contributed by atoms with E-state index in [1.807, 2.05) is 42.5 Å². The Morgan fingerprint density at radius 1 is 1.00 bits per heavy atom. The van der Waals surface area contributed by atoms with E-state index in [9.17, 15) is 4.79 Å². The molecule has 132 valence electrons. The van der Waals surface area contributed by atoms with Crippen LogP contribution in [0.1, 0.15) is 18.1 Å². The standard InChI is InChI=1S/C16H19O4P5/c1-11(17)18-14-6-4-12(5-7-14)2-3-13-8-15(19-24-21)10-16(9-13)20-25(22)23/h2-10,24H,21-23H2,1H3/b3-2+. The Labute approximate surface area is 157 Å². The van der Waals surface area contributed by atoms with E-state index in [-0.39, 0.29) is 14.5 Å². The fourth-order valence-electron chi connectivity index (χ4n) is 2.00. The van der Waals surface area contributed by atoms with Crippen LogP contribution in [0.3, 0.4) is 0 Å². The Balaban J connectivity index is 2.18. The van der Waals surface area contributed by atoms with Crippen LogP contribution in [0.25, 0.3) is 12.2 Å². The number of hydrogen-bond acceptors (Lipinski definition) is 4. The second-order valence-electron chi connectivity index (χ2n) is 4.90. The van der Waals surface area contributed by atoms with Gasteiger partial charge in [0.1, 0.15) is 24.8 Å². The van der Waals surface area contributed by atoms with Gasteiger partial charge in [-0.2, -0.15) is 0 Å². The molecule has 0 heterocycles. The van der Waals surface area contributed by atoms with Crippen molar-refractivity contribution in [2.24, 2.45) is 0 Å². The second kappa shape index (κ2) is 10.5. The van der Waals surface area contributed by atoms with Gasteiger partial charge in [0, 0.05) is 13.0 Å². The third-order valence-corrected chi connectivity index (χ3v) is 4.66. The van der Waals surface area contributed by atoms with E-state index in [2.05, 4.69) is 26.8 Å². The molecule has 0 aliphatic heterocycles. The lowest BCUT2D eigenvalue weighted by atomic mass is 10.1. The van der Waals surface area contributed by atoms with Crippen molar-refractivity contribution in [3.05, 3.63) is 53.6 Å². The first-order valence-corrected chi connectivity index (χ1v) is 14.4. The number of benzene rings is 2. The molecule has 25 heavy (non-hydrogen) atoms. The number of ether oxygens (including phenoxy) is 1. The minimum atomic E-state index is -0.666. The molecule has 2 aromatic carbocycles. The summed E-state index contributed by atoms with van der Waals surface area (Å²) in [6.45, 7) is 1.38. The van der Waals surface area contributed by atoms with Gasteiger partial charge in [0.15, 0.2) is 0 Å². The van der Waals surface area contributed by atoms with Gasteiger partial charge in [-0.05, 0) is 35.4 Å². The molecule has 4 nitrogen and oxygen atoms in total. The van der Waals surface area contributed by atoms with Crippen molar-refractivity contribution >= 4 is 60.9 Å². The summed E-state index contributed by atoms with van der Waals surface area (Å²) in [5.74, 6) is 1.74. The van der Waals surface area contributed by atoms with Gasteiger partial charge in [0.05, 0.1) is 8.50 Å². The summed E-state index contributed by atoms with van der Waals surface area (Å²) in [5.41, 5.74) is 1.98. The summed E-state index contributed by atoms with van der Waals surface area (Å²) in [6, 6.07) is 13.1. The van der Waals surface area contributed by atoms with Crippen molar-refractivity contribution in [2.45, 2.75) is 6.92 Å². The zero-order valence-electron chi connectivity index (χ0n) is 13.5. The highest BCUT2D eigenvalue weighted by Crippen LogP contribution is 2.53. The van der Waals surface area contributed by atoms with Crippen LogP contribution in [-0.4, -0.2) is 5.97 Å². The Morgan fingerprint density at radius 2 is 1.64 bits per heavy atom. The van der Waals surface area contributed by atoms with Crippen LogP contribution in [0.4, 0.5) is 0 Å². The summed E-state index contributed by atoms with van der Waals surface area (Å²) in [4.78, 5) is 10.9. The lowest BCUT2D eigenvalue weighted by Gasteiger charge is -2.11. The summed E-state index contributed by atoms with van der Waals surface area (Å²) in [5, 5.41) is 0. The fourth-order valence-corrected chi connectivity index (χ4v) is 3.74. The van der Waals surface area contributed by atoms with Gasteiger partial charge in [0.2, 0.25) is 0 Å². The predicted octanol–water partition coefficient (Wildman–Crippen LogP) is 5.90. The molecule has 2 rings (SSSR count). The molecule has 4 atom stereocenters. The number of carbonyl (C=O) groups is 1. The van der Waals surface area contributed by atoms with E-state index < -0.39 is 7.53 Å². The average Bonchev–Trinajstić information content (AvgIpc) is 2.53. The monoisotopic (exact) mass is 430 g/mol. The molecule has 4 unspecified atom stereocenters. The first kappa shape index (κ1) is 20.7. The molecular weight excluding hydrogens is 411 g/mol. The Morgan fingerprint density at radius 3 is 2.24 bits per heavy atom. The van der Waals surface area contributed by atoms with E-state index in [0.29, 0.717) is 5.75 Å². The zero-order chi connectivity index (χ0) is 18.2. The van der Waals surface area contributed by atoms with Gasteiger partial charge >= 0.3 is 5.97 Å². The van der Waals surface area contributed by atoms with Crippen molar-refractivity contribution in [1.82, 2.24) is 0 Å². The quantitative estimate of drug-likeness (QED) is 0.238. The van der Waals surface area contributed by atoms with Gasteiger partial charge < -0.3 is 13.8 Å². The highest BCUT2D eigenvalue weighted by Gasteiger charge is 2.04. The lowest BCUT2D eigenvalue weighted by molar-refractivity contribution is -0.131. The smallest absolute Gasteiger partial charge is 0.308 e. The molecule has 0 spiro atoms. The van der Waals surface area contributed by atoms with Gasteiger partial charge in [0.25, 0.3) is 0 Å². The average molecular weight is 430 g/mol. The van der Waals surface area contributed by atoms with Crippen LogP contribution in [0.5, 0.6) is 17.2 Å². The van der Waals surface area contributed by atoms with Crippen molar-refractivity contribution in [3.63, 3.8) is 0 Å². The maximum atomic E-state index is 10.9. The first-order valence-electron chi connectivity index (χ1n) is 7.18. The van der Waals surface area contributed by atoms with E-state index in [1.54, 1.807) is 12.1 Å². The van der Waals surface area contributed by atoms with Crippen molar-refractivity contribution in [2.75, 3.05) is 0 Å². The zero-order valence-corrected chi connectivity index (χ0v) is 18.9. The maximum absolute atomic E-state index is 10.9. The van der Waals surface area contributed by atoms with Crippen LogP contribution in [0.2, 0.25) is 0 Å². The highest BCUT2D eigenvalue weighted by molar-refractivity contribution is 8.41. The molecule has 2 aromatic rings. The van der Waals surface area contributed by atoms with Gasteiger partial charge in [-0.1, -0.05) is 51.1 Å². The van der Waals surface area contributed by atoms with E-state index >= 15 is 0 Å². The van der Waals surface area contributed by atoms with Crippen molar-refractivity contribution in [1.29, 1.82) is 0 Å². The molecule has 0 aliphatic carbocycles. The molecule has 0 fully saturated rings. The SMILES string of the molecule is CC(=O)Oc1ccc(/C=C/c2cc(OPP)cc(OP(P)P)c2)cc1. The van der Waals surface area contributed by atoms with Crippen molar-refractivity contribution in [3.8, 4) is 17.2 Å². The second-order valence-corrected chi connectivity index (χ2v) is 11.8. The largest absolute Gasteiger partial charge is 0.473 e. The number of rotatable bonds is 7. The molecular formula is C16H19O4P5. The normalized spacial score (nSPS) is 11.4. The van der Waals surface area contributed by atoms with Gasteiger partial charge in [-0.25, -0.2) is 0 Å². The van der Waals surface area contributed by atoms with Gasteiger partial charge in [-0.3, -0.25) is 4.79 Å². The number of hydrogen-bond donors (Lipinski definition) is 0. The Kier molecular flexibility index (Phi) is 8.72. The van der Waals surface area contributed by atoms with Crippen LogP contribution < -0.4 is 13.8 Å². The first-order chi connectivity index (χ1) is 12.0. The molecule has 0 amide bonds. The molecule has 0 saturated heterocycles. The maximum Gasteiger partial charge on any atom is 0.308 e. The van der Waals surface area contributed by atoms with Gasteiger partial charge in [-0.15, -0.1) is 0 Å². The van der Waals surface area contributed by atoms with Crippen LogP contribution in [-0.2, 0) is 4.79 Å². The molecule has 0 saturated carbocycles. The molecule has 0 bridgehead atoms. The summed E-state index contributed by atoms with van der Waals surface area (Å²) >= 11 is 0. The molecule has 0 aliphatic rings. The third kappa shape index (κ3) is 7.66.